The summed E-state index contributed by atoms with van der Waals surface area (Å²) >= 11 is 0. The number of benzene rings is 1. The lowest BCUT2D eigenvalue weighted by Crippen LogP contribution is -2.46. The van der Waals surface area contributed by atoms with Crippen LogP contribution in [-0.2, 0) is 25.6 Å². The number of likely N-dealkylation sites (tertiary alicyclic amines) is 1. The standard InChI is InChI=1S/C22H32N2O6/c1-22(2,3)30-20(26)23-18(19(25)28-4)14-16-10-12-24(13-11-16)21(27)29-15-17-8-6-5-7-9-17/h5-9,16,18H,10-15H2,1-4H3,(H,23,26). The van der Waals surface area contributed by atoms with Gasteiger partial charge in [-0.2, -0.15) is 0 Å². The summed E-state index contributed by atoms with van der Waals surface area (Å²) in [6.45, 7) is 6.59. The molecule has 0 saturated carbocycles. The lowest BCUT2D eigenvalue weighted by atomic mass is 9.90. The highest BCUT2D eigenvalue weighted by Crippen LogP contribution is 2.23. The Morgan fingerprint density at radius 2 is 1.77 bits per heavy atom. The first-order chi connectivity index (χ1) is 14.2. The van der Waals surface area contributed by atoms with Gasteiger partial charge in [0.25, 0.3) is 0 Å². The summed E-state index contributed by atoms with van der Waals surface area (Å²) in [6, 6.07) is 8.74. The zero-order valence-corrected chi connectivity index (χ0v) is 18.2. The minimum atomic E-state index is -0.786. The number of hydrogen-bond acceptors (Lipinski definition) is 6. The van der Waals surface area contributed by atoms with Crippen LogP contribution in [0.4, 0.5) is 9.59 Å². The maximum absolute atomic E-state index is 12.3. The van der Waals surface area contributed by atoms with Crippen molar-refractivity contribution in [1.82, 2.24) is 10.2 Å². The largest absolute Gasteiger partial charge is 0.467 e. The van der Waals surface area contributed by atoms with Crippen molar-refractivity contribution in [2.45, 2.75) is 58.3 Å². The predicted octanol–water partition coefficient (Wildman–Crippen LogP) is 3.49. The fourth-order valence-corrected chi connectivity index (χ4v) is 3.30. The van der Waals surface area contributed by atoms with Crippen molar-refractivity contribution >= 4 is 18.2 Å². The van der Waals surface area contributed by atoms with E-state index in [0.717, 1.165) is 5.56 Å². The Balaban J connectivity index is 1.80. The molecule has 0 aliphatic carbocycles. The molecule has 0 bridgehead atoms. The highest BCUT2D eigenvalue weighted by atomic mass is 16.6. The van der Waals surface area contributed by atoms with Crippen LogP contribution in [0.3, 0.4) is 0 Å². The Kier molecular flexibility index (Phi) is 8.50. The van der Waals surface area contributed by atoms with Gasteiger partial charge < -0.3 is 24.4 Å². The van der Waals surface area contributed by atoms with Crippen molar-refractivity contribution in [3.05, 3.63) is 35.9 Å². The molecule has 1 aromatic carbocycles. The van der Waals surface area contributed by atoms with E-state index < -0.39 is 23.7 Å². The van der Waals surface area contributed by atoms with Crippen LogP contribution in [0.15, 0.2) is 30.3 Å². The van der Waals surface area contributed by atoms with Crippen molar-refractivity contribution in [1.29, 1.82) is 0 Å². The SMILES string of the molecule is COC(=O)C(CC1CCN(C(=O)OCc2ccccc2)CC1)NC(=O)OC(C)(C)C. The number of ether oxygens (including phenoxy) is 3. The number of nitrogens with zero attached hydrogens (tertiary/aromatic N) is 1. The van der Waals surface area contributed by atoms with Crippen molar-refractivity contribution in [2.24, 2.45) is 5.92 Å². The molecule has 1 fully saturated rings. The topological polar surface area (TPSA) is 94.2 Å². The molecule has 1 aliphatic heterocycles. The molecule has 1 saturated heterocycles. The summed E-state index contributed by atoms with van der Waals surface area (Å²) < 4.78 is 15.4. The van der Waals surface area contributed by atoms with E-state index in [1.54, 1.807) is 25.7 Å². The molecule has 0 aromatic heterocycles. The van der Waals surface area contributed by atoms with Gasteiger partial charge in [-0.15, -0.1) is 0 Å². The number of methoxy groups -OCH3 is 1. The average Bonchev–Trinajstić information content (AvgIpc) is 2.71. The van der Waals surface area contributed by atoms with E-state index in [4.69, 9.17) is 14.2 Å². The zero-order valence-electron chi connectivity index (χ0n) is 18.2. The third kappa shape index (κ3) is 7.93. The number of carbonyl (C=O) groups excluding carboxylic acids is 3. The molecule has 8 nitrogen and oxygen atoms in total. The summed E-state index contributed by atoms with van der Waals surface area (Å²) in [5.41, 5.74) is 0.283. The number of alkyl carbamates (subject to hydrolysis) is 1. The number of piperidine rings is 1. The minimum absolute atomic E-state index is 0.169. The number of hydrogen-bond donors (Lipinski definition) is 1. The molecule has 1 aliphatic rings. The van der Waals surface area contributed by atoms with Crippen LogP contribution >= 0.6 is 0 Å². The number of rotatable bonds is 6. The van der Waals surface area contributed by atoms with E-state index in [0.29, 0.717) is 32.4 Å². The zero-order chi connectivity index (χ0) is 22.1. The third-order valence-electron chi connectivity index (χ3n) is 4.82. The monoisotopic (exact) mass is 420 g/mol. The van der Waals surface area contributed by atoms with Gasteiger partial charge in [-0.05, 0) is 51.5 Å². The Labute approximate surface area is 177 Å². The first-order valence-electron chi connectivity index (χ1n) is 10.2. The first kappa shape index (κ1) is 23.5. The highest BCUT2D eigenvalue weighted by molar-refractivity contribution is 5.81. The normalized spacial score (nSPS) is 15.8. The number of carbonyl (C=O) groups is 3. The molecule has 1 atom stereocenters. The van der Waals surface area contributed by atoms with E-state index in [1.165, 1.54) is 7.11 Å². The fraction of sp³-hybridized carbons (Fsp3) is 0.591. The van der Waals surface area contributed by atoms with E-state index in [9.17, 15) is 14.4 Å². The van der Waals surface area contributed by atoms with Crippen LogP contribution in [-0.4, -0.2) is 54.9 Å². The average molecular weight is 421 g/mol. The van der Waals surface area contributed by atoms with E-state index >= 15 is 0 Å². The number of esters is 1. The summed E-state index contributed by atoms with van der Waals surface area (Å²) in [6.07, 6.45) is 0.862. The van der Waals surface area contributed by atoms with Gasteiger partial charge in [-0.1, -0.05) is 30.3 Å². The molecule has 166 valence electrons. The maximum Gasteiger partial charge on any atom is 0.410 e. The molecular formula is C22H32N2O6. The van der Waals surface area contributed by atoms with Crippen molar-refractivity contribution in [2.75, 3.05) is 20.2 Å². The number of nitrogens with one attached hydrogen (secondary N) is 1. The Morgan fingerprint density at radius 1 is 1.13 bits per heavy atom. The van der Waals surface area contributed by atoms with Gasteiger partial charge in [0.2, 0.25) is 0 Å². The Morgan fingerprint density at radius 3 is 2.33 bits per heavy atom. The molecule has 1 aromatic rings. The van der Waals surface area contributed by atoms with Crippen molar-refractivity contribution in [3.8, 4) is 0 Å². The van der Waals surface area contributed by atoms with Crippen LogP contribution in [0.25, 0.3) is 0 Å². The molecule has 0 spiro atoms. The minimum Gasteiger partial charge on any atom is -0.467 e. The quantitative estimate of drug-likeness (QED) is 0.559. The molecule has 0 radical (unpaired) electrons. The van der Waals surface area contributed by atoms with Gasteiger partial charge in [0.1, 0.15) is 18.2 Å². The second-order valence-electron chi connectivity index (χ2n) is 8.43. The third-order valence-corrected chi connectivity index (χ3v) is 4.82. The van der Waals surface area contributed by atoms with Gasteiger partial charge in [-0.3, -0.25) is 0 Å². The van der Waals surface area contributed by atoms with E-state index in [1.807, 2.05) is 30.3 Å². The number of amides is 2. The lowest BCUT2D eigenvalue weighted by molar-refractivity contribution is -0.143. The summed E-state index contributed by atoms with van der Waals surface area (Å²) in [7, 11) is 1.29. The van der Waals surface area contributed by atoms with Gasteiger partial charge in [-0.25, -0.2) is 14.4 Å². The van der Waals surface area contributed by atoms with Gasteiger partial charge >= 0.3 is 18.2 Å². The first-order valence-corrected chi connectivity index (χ1v) is 10.2. The van der Waals surface area contributed by atoms with Gasteiger partial charge in [0.05, 0.1) is 7.11 Å². The molecule has 1 unspecified atom stereocenters. The van der Waals surface area contributed by atoms with Crippen LogP contribution in [0, 0.1) is 5.92 Å². The van der Waals surface area contributed by atoms with Crippen LogP contribution in [0.5, 0.6) is 0 Å². The van der Waals surface area contributed by atoms with Crippen LogP contribution in [0.1, 0.15) is 45.6 Å². The molecule has 30 heavy (non-hydrogen) atoms. The molecule has 2 rings (SSSR count). The van der Waals surface area contributed by atoms with Crippen LogP contribution in [0.2, 0.25) is 0 Å². The van der Waals surface area contributed by atoms with Crippen molar-refractivity contribution < 1.29 is 28.6 Å². The van der Waals surface area contributed by atoms with Gasteiger partial charge in [0.15, 0.2) is 0 Å². The van der Waals surface area contributed by atoms with Crippen molar-refractivity contribution in [3.63, 3.8) is 0 Å². The summed E-state index contributed by atoms with van der Waals surface area (Å²) in [5, 5.41) is 2.60. The summed E-state index contributed by atoms with van der Waals surface area (Å²) in [5.74, 6) is -0.340. The molecule has 1 N–H and O–H groups in total. The lowest BCUT2D eigenvalue weighted by Gasteiger charge is -2.32. The summed E-state index contributed by atoms with van der Waals surface area (Å²) in [4.78, 5) is 38.1. The maximum atomic E-state index is 12.3. The smallest absolute Gasteiger partial charge is 0.410 e. The molecular weight excluding hydrogens is 388 g/mol. The van der Waals surface area contributed by atoms with E-state index in [-0.39, 0.29) is 18.6 Å². The Hall–Kier alpha value is -2.77. The second kappa shape index (κ2) is 10.8. The second-order valence-corrected chi connectivity index (χ2v) is 8.43. The molecule has 1 heterocycles. The Bertz CT molecular complexity index is 708. The fourth-order valence-electron chi connectivity index (χ4n) is 3.30. The van der Waals surface area contributed by atoms with E-state index in [2.05, 4.69) is 5.32 Å². The predicted molar refractivity (Wildman–Crippen MR) is 111 cm³/mol. The molecule has 2 amide bonds. The highest BCUT2D eigenvalue weighted by Gasteiger charge is 2.31. The van der Waals surface area contributed by atoms with Gasteiger partial charge in [0, 0.05) is 13.1 Å². The molecule has 8 heteroatoms. The van der Waals surface area contributed by atoms with Crippen LogP contribution < -0.4 is 5.32 Å².